The Balaban J connectivity index is 2.05. The van der Waals surface area contributed by atoms with E-state index >= 15 is 0 Å². The van der Waals surface area contributed by atoms with Crippen molar-refractivity contribution < 1.29 is 0 Å². The summed E-state index contributed by atoms with van der Waals surface area (Å²) in [6.07, 6.45) is 0. The molecule has 5 heteroatoms. The highest BCUT2D eigenvalue weighted by atomic mass is 35.5. The van der Waals surface area contributed by atoms with Gasteiger partial charge in [0.15, 0.2) is 0 Å². The van der Waals surface area contributed by atoms with E-state index in [0.29, 0.717) is 10.0 Å². The van der Waals surface area contributed by atoms with Crippen molar-refractivity contribution in [2.45, 2.75) is 6.04 Å². The maximum absolute atomic E-state index is 6.49. The summed E-state index contributed by atoms with van der Waals surface area (Å²) in [7, 11) is 0. The molecule has 0 aromatic heterocycles. The smallest absolute Gasteiger partial charge is 0.0643 e. The van der Waals surface area contributed by atoms with Gasteiger partial charge in [0.05, 0.1) is 16.1 Å². The van der Waals surface area contributed by atoms with Crippen molar-refractivity contribution in [3.8, 4) is 0 Å². The molecule has 0 aliphatic carbocycles. The van der Waals surface area contributed by atoms with Crippen molar-refractivity contribution in [3.05, 3.63) is 68.7 Å². The van der Waals surface area contributed by atoms with Crippen molar-refractivity contribution in [1.29, 1.82) is 0 Å². The molecule has 1 atom stereocenters. The van der Waals surface area contributed by atoms with E-state index in [1.54, 1.807) is 0 Å². The minimum Gasteiger partial charge on any atom is -0.314 e. The fraction of sp³-hybridized carbons (Fsp3) is 0.294. The van der Waals surface area contributed by atoms with Gasteiger partial charge in [-0.15, -0.1) is 0 Å². The molecule has 2 aromatic rings. The first-order valence-corrected chi connectivity index (χ1v) is 8.44. The van der Waals surface area contributed by atoms with Crippen LogP contribution in [0.15, 0.2) is 42.5 Å². The molecule has 1 N–H and O–H groups in total. The third-order valence-electron chi connectivity index (χ3n) is 3.98. The normalized spacial score (nSPS) is 17.4. The molecule has 1 aliphatic heterocycles. The monoisotopic (exact) mass is 354 g/mol. The highest BCUT2D eigenvalue weighted by Crippen LogP contribution is 2.37. The Labute approximate surface area is 146 Å². The maximum atomic E-state index is 6.49. The molecule has 3 rings (SSSR count). The number of rotatable bonds is 3. The van der Waals surface area contributed by atoms with Crippen molar-refractivity contribution >= 4 is 34.8 Å². The Bertz CT molecular complexity index is 637. The highest BCUT2D eigenvalue weighted by Gasteiger charge is 2.26. The molecule has 22 heavy (non-hydrogen) atoms. The van der Waals surface area contributed by atoms with Gasteiger partial charge in [-0.1, -0.05) is 59.1 Å². The Morgan fingerprint density at radius 3 is 2.27 bits per heavy atom. The average molecular weight is 356 g/mol. The van der Waals surface area contributed by atoms with Gasteiger partial charge in [-0.2, -0.15) is 0 Å². The van der Waals surface area contributed by atoms with Crippen LogP contribution in [0.5, 0.6) is 0 Å². The minimum atomic E-state index is 0.0885. The van der Waals surface area contributed by atoms with Gasteiger partial charge in [0.1, 0.15) is 0 Å². The van der Waals surface area contributed by atoms with E-state index in [2.05, 4.69) is 28.4 Å². The largest absolute Gasteiger partial charge is 0.314 e. The van der Waals surface area contributed by atoms with Crippen molar-refractivity contribution in [1.82, 2.24) is 10.2 Å². The number of piperazine rings is 1. The SMILES string of the molecule is Clc1ccc(C(c2cccc(Cl)c2Cl)N2CCNCC2)cc1. The first-order chi connectivity index (χ1) is 10.7. The Morgan fingerprint density at radius 1 is 0.909 bits per heavy atom. The van der Waals surface area contributed by atoms with Crippen LogP contribution in [0.3, 0.4) is 0 Å². The number of hydrogen-bond acceptors (Lipinski definition) is 2. The fourth-order valence-electron chi connectivity index (χ4n) is 2.90. The molecular formula is C17H17Cl3N2. The molecule has 2 nitrogen and oxygen atoms in total. The zero-order valence-corrected chi connectivity index (χ0v) is 14.3. The highest BCUT2D eigenvalue weighted by molar-refractivity contribution is 6.42. The van der Waals surface area contributed by atoms with Gasteiger partial charge >= 0.3 is 0 Å². The zero-order chi connectivity index (χ0) is 15.5. The van der Waals surface area contributed by atoms with Crippen LogP contribution in [0.4, 0.5) is 0 Å². The van der Waals surface area contributed by atoms with Crippen LogP contribution in [0.1, 0.15) is 17.2 Å². The molecule has 2 aromatic carbocycles. The summed E-state index contributed by atoms with van der Waals surface area (Å²) in [5.41, 5.74) is 2.22. The topological polar surface area (TPSA) is 15.3 Å². The van der Waals surface area contributed by atoms with Crippen LogP contribution in [0.25, 0.3) is 0 Å². The molecule has 1 saturated heterocycles. The summed E-state index contributed by atoms with van der Waals surface area (Å²) in [6, 6.07) is 13.9. The second-order valence-electron chi connectivity index (χ2n) is 5.38. The lowest BCUT2D eigenvalue weighted by Gasteiger charge is -2.36. The molecule has 116 valence electrons. The van der Waals surface area contributed by atoms with E-state index in [4.69, 9.17) is 34.8 Å². The number of nitrogens with one attached hydrogen (secondary N) is 1. The predicted octanol–water partition coefficient (Wildman–Crippen LogP) is 4.64. The minimum absolute atomic E-state index is 0.0885. The summed E-state index contributed by atoms with van der Waals surface area (Å²) in [6.45, 7) is 3.89. The Kier molecular flexibility index (Phi) is 5.27. The van der Waals surface area contributed by atoms with Gasteiger partial charge < -0.3 is 5.32 Å². The molecule has 1 aliphatic rings. The van der Waals surface area contributed by atoms with Gasteiger partial charge in [0, 0.05) is 31.2 Å². The quantitative estimate of drug-likeness (QED) is 0.862. The fourth-order valence-corrected chi connectivity index (χ4v) is 3.44. The van der Waals surface area contributed by atoms with E-state index in [-0.39, 0.29) is 6.04 Å². The van der Waals surface area contributed by atoms with Gasteiger partial charge in [0.2, 0.25) is 0 Å². The Hall–Kier alpha value is -0.770. The first kappa shape index (κ1) is 16.1. The van der Waals surface area contributed by atoms with Gasteiger partial charge in [0.25, 0.3) is 0 Å². The molecular weight excluding hydrogens is 339 g/mol. The van der Waals surface area contributed by atoms with Crippen molar-refractivity contribution in [2.24, 2.45) is 0 Å². The standard InChI is InChI=1S/C17H17Cl3N2/c18-13-6-4-12(5-7-13)17(22-10-8-21-9-11-22)14-2-1-3-15(19)16(14)20/h1-7,17,21H,8-11H2. The molecule has 0 saturated carbocycles. The lowest BCUT2D eigenvalue weighted by atomic mass is 9.96. The molecule has 0 amide bonds. The number of halogens is 3. The number of nitrogens with zero attached hydrogens (tertiary/aromatic N) is 1. The van der Waals surface area contributed by atoms with Crippen LogP contribution in [0, 0.1) is 0 Å². The second kappa shape index (κ2) is 7.20. The lowest BCUT2D eigenvalue weighted by Crippen LogP contribution is -2.45. The van der Waals surface area contributed by atoms with Crippen molar-refractivity contribution in [3.63, 3.8) is 0 Å². The van der Waals surface area contributed by atoms with Crippen LogP contribution >= 0.6 is 34.8 Å². The zero-order valence-electron chi connectivity index (χ0n) is 12.0. The van der Waals surface area contributed by atoms with E-state index in [9.17, 15) is 0 Å². The van der Waals surface area contributed by atoms with E-state index in [1.165, 1.54) is 5.56 Å². The number of hydrogen-bond donors (Lipinski definition) is 1. The summed E-state index contributed by atoms with van der Waals surface area (Å²) in [5, 5.41) is 5.34. The summed E-state index contributed by atoms with van der Waals surface area (Å²) < 4.78 is 0. The average Bonchev–Trinajstić information content (AvgIpc) is 2.54. The second-order valence-corrected chi connectivity index (χ2v) is 6.60. The third kappa shape index (κ3) is 3.42. The Morgan fingerprint density at radius 2 is 1.59 bits per heavy atom. The lowest BCUT2D eigenvalue weighted by molar-refractivity contribution is 0.198. The molecule has 1 fully saturated rings. The van der Waals surface area contributed by atoms with Gasteiger partial charge in [-0.05, 0) is 29.3 Å². The van der Waals surface area contributed by atoms with E-state index in [0.717, 1.165) is 36.8 Å². The van der Waals surface area contributed by atoms with Crippen molar-refractivity contribution in [2.75, 3.05) is 26.2 Å². The van der Waals surface area contributed by atoms with Gasteiger partial charge in [-0.25, -0.2) is 0 Å². The summed E-state index contributed by atoms with van der Waals surface area (Å²) >= 11 is 18.7. The third-order valence-corrected chi connectivity index (χ3v) is 5.06. The van der Waals surface area contributed by atoms with Gasteiger partial charge in [-0.3, -0.25) is 4.90 Å². The molecule has 1 unspecified atom stereocenters. The maximum Gasteiger partial charge on any atom is 0.0643 e. The summed E-state index contributed by atoms with van der Waals surface area (Å²) in [4.78, 5) is 2.43. The summed E-state index contributed by atoms with van der Waals surface area (Å²) in [5.74, 6) is 0. The van der Waals surface area contributed by atoms with E-state index in [1.807, 2.05) is 24.3 Å². The number of benzene rings is 2. The van der Waals surface area contributed by atoms with Crippen LogP contribution in [-0.4, -0.2) is 31.1 Å². The predicted molar refractivity (Wildman–Crippen MR) is 94.2 cm³/mol. The first-order valence-electron chi connectivity index (χ1n) is 7.31. The van der Waals surface area contributed by atoms with Crippen LogP contribution < -0.4 is 5.32 Å². The molecule has 0 radical (unpaired) electrons. The molecule has 0 spiro atoms. The van der Waals surface area contributed by atoms with Crippen LogP contribution in [0.2, 0.25) is 15.1 Å². The van der Waals surface area contributed by atoms with E-state index < -0.39 is 0 Å². The molecule has 1 heterocycles. The van der Waals surface area contributed by atoms with Crippen LogP contribution in [-0.2, 0) is 0 Å². The molecule has 0 bridgehead atoms.